The van der Waals surface area contributed by atoms with Crippen LogP contribution in [-0.2, 0) is 0 Å². The Balaban J connectivity index is 2.14. The maximum atomic E-state index is 9.57. The number of aliphatic hydroxyl groups excluding tert-OH is 1. The maximum absolute atomic E-state index is 9.57. The summed E-state index contributed by atoms with van der Waals surface area (Å²) in [5.74, 6) is 0. The molecule has 21 heavy (non-hydrogen) atoms. The summed E-state index contributed by atoms with van der Waals surface area (Å²) in [6.45, 7) is 6.71. The van der Waals surface area contributed by atoms with Crippen LogP contribution in [0.1, 0.15) is 51.1 Å². The molecule has 1 aromatic carbocycles. The van der Waals surface area contributed by atoms with E-state index < -0.39 is 0 Å². The Morgan fingerprint density at radius 3 is 2.90 bits per heavy atom. The zero-order chi connectivity index (χ0) is 15.2. The van der Waals surface area contributed by atoms with Crippen molar-refractivity contribution in [2.75, 3.05) is 24.6 Å². The van der Waals surface area contributed by atoms with Crippen molar-refractivity contribution in [1.82, 2.24) is 5.32 Å². The normalized spacial score (nSPS) is 20.6. The number of rotatable bonds is 6. The van der Waals surface area contributed by atoms with E-state index in [1.54, 1.807) is 0 Å². The Bertz CT molecular complexity index is 452. The molecule has 1 fully saturated rings. The van der Waals surface area contributed by atoms with Gasteiger partial charge in [0.15, 0.2) is 0 Å². The number of nitrogens with zero attached hydrogens (tertiary/aromatic N) is 1. The molecule has 0 amide bonds. The number of nitrogens with one attached hydrogen (secondary N) is 1. The predicted molar refractivity (Wildman–Crippen MR) is 92.9 cm³/mol. The average Bonchev–Trinajstić information content (AvgIpc) is 2.52. The van der Waals surface area contributed by atoms with Crippen LogP contribution < -0.4 is 10.2 Å². The van der Waals surface area contributed by atoms with E-state index >= 15 is 0 Å². The highest BCUT2D eigenvalue weighted by Crippen LogP contribution is 2.31. The molecule has 0 radical (unpaired) electrons. The second-order valence-corrected chi connectivity index (χ2v) is 6.76. The summed E-state index contributed by atoms with van der Waals surface area (Å²) >= 11 is 3.72. The van der Waals surface area contributed by atoms with Crippen molar-refractivity contribution < 1.29 is 5.11 Å². The smallest absolute Gasteiger partial charge is 0.0635 e. The molecule has 118 valence electrons. The highest BCUT2D eigenvalue weighted by atomic mass is 79.9. The van der Waals surface area contributed by atoms with E-state index in [9.17, 15) is 5.11 Å². The number of aliphatic hydroxyl groups is 1. The van der Waals surface area contributed by atoms with Crippen molar-refractivity contribution in [3.8, 4) is 0 Å². The lowest BCUT2D eigenvalue weighted by Gasteiger charge is -2.37. The second-order valence-electron chi connectivity index (χ2n) is 5.91. The molecular formula is C17H27BrN2O. The molecule has 2 rings (SSSR count). The van der Waals surface area contributed by atoms with Gasteiger partial charge >= 0.3 is 0 Å². The van der Waals surface area contributed by atoms with Crippen LogP contribution >= 0.6 is 15.9 Å². The van der Waals surface area contributed by atoms with Gasteiger partial charge in [0, 0.05) is 22.7 Å². The van der Waals surface area contributed by atoms with Gasteiger partial charge < -0.3 is 15.3 Å². The molecule has 4 heteroatoms. The van der Waals surface area contributed by atoms with Crippen molar-refractivity contribution in [3.05, 3.63) is 28.2 Å². The lowest BCUT2D eigenvalue weighted by molar-refractivity contribution is 0.240. The number of benzene rings is 1. The van der Waals surface area contributed by atoms with E-state index in [0.29, 0.717) is 6.04 Å². The van der Waals surface area contributed by atoms with Crippen molar-refractivity contribution in [3.63, 3.8) is 0 Å². The topological polar surface area (TPSA) is 35.5 Å². The van der Waals surface area contributed by atoms with E-state index in [2.05, 4.69) is 58.2 Å². The Morgan fingerprint density at radius 2 is 2.24 bits per heavy atom. The number of piperidine rings is 1. The summed E-state index contributed by atoms with van der Waals surface area (Å²) in [4.78, 5) is 2.35. The minimum Gasteiger partial charge on any atom is -0.394 e. The Labute approximate surface area is 136 Å². The lowest BCUT2D eigenvalue weighted by Crippen LogP contribution is -2.41. The van der Waals surface area contributed by atoms with Crippen LogP contribution in [0, 0.1) is 0 Å². The first-order chi connectivity index (χ1) is 10.2. The lowest BCUT2D eigenvalue weighted by atomic mass is 10.0. The molecule has 1 aliphatic rings. The van der Waals surface area contributed by atoms with E-state index in [1.165, 1.54) is 24.1 Å². The van der Waals surface area contributed by atoms with E-state index in [-0.39, 0.29) is 12.6 Å². The maximum Gasteiger partial charge on any atom is 0.0635 e. The zero-order valence-corrected chi connectivity index (χ0v) is 14.7. The average molecular weight is 355 g/mol. The van der Waals surface area contributed by atoms with Gasteiger partial charge in [0.05, 0.1) is 12.6 Å². The van der Waals surface area contributed by atoms with E-state index in [0.717, 1.165) is 30.4 Å². The van der Waals surface area contributed by atoms with Gasteiger partial charge in [0.2, 0.25) is 0 Å². The second kappa shape index (κ2) is 8.16. The molecule has 0 saturated carbocycles. The third-order valence-electron chi connectivity index (χ3n) is 4.32. The molecule has 0 aromatic heterocycles. The molecular weight excluding hydrogens is 328 g/mol. The Morgan fingerprint density at radius 1 is 1.43 bits per heavy atom. The van der Waals surface area contributed by atoms with Crippen LogP contribution in [0.5, 0.6) is 0 Å². The van der Waals surface area contributed by atoms with Crippen LogP contribution in [-0.4, -0.2) is 30.8 Å². The predicted octanol–water partition coefficient (Wildman–Crippen LogP) is 3.86. The van der Waals surface area contributed by atoms with Gasteiger partial charge in [-0.3, -0.25) is 0 Å². The quantitative estimate of drug-likeness (QED) is 0.813. The molecule has 0 spiro atoms. The standard InChI is InChI=1S/C17H27BrN2O/c1-3-9-19-13(2)16-8-7-14(11-17(16)18)20-10-5-4-6-15(20)12-21/h7-8,11,13,15,19,21H,3-6,9-10,12H2,1-2H3. The molecule has 1 aromatic rings. The fraction of sp³-hybridized carbons (Fsp3) is 0.647. The number of halogens is 1. The van der Waals surface area contributed by atoms with Gasteiger partial charge in [-0.1, -0.05) is 28.9 Å². The molecule has 3 nitrogen and oxygen atoms in total. The first-order valence-corrected chi connectivity index (χ1v) is 8.87. The van der Waals surface area contributed by atoms with Crippen LogP contribution in [0.15, 0.2) is 22.7 Å². The minimum absolute atomic E-state index is 0.244. The molecule has 1 saturated heterocycles. The van der Waals surface area contributed by atoms with Crippen molar-refractivity contribution in [2.24, 2.45) is 0 Å². The van der Waals surface area contributed by atoms with Gasteiger partial charge in [-0.15, -0.1) is 0 Å². The number of hydrogen-bond donors (Lipinski definition) is 2. The summed E-state index contributed by atoms with van der Waals surface area (Å²) in [6, 6.07) is 7.22. The van der Waals surface area contributed by atoms with Gasteiger partial charge in [0.1, 0.15) is 0 Å². The van der Waals surface area contributed by atoms with Crippen molar-refractivity contribution in [2.45, 2.75) is 51.6 Å². The van der Waals surface area contributed by atoms with Gasteiger partial charge in [-0.05, 0) is 56.8 Å². The SMILES string of the molecule is CCCNC(C)c1ccc(N2CCCCC2CO)cc1Br. The van der Waals surface area contributed by atoms with Crippen LogP contribution in [0.2, 0.25) is 0 Å². The Hall–Kier alpha value is -0.580. The molecule has 0 aliphatic carbocycles. The zero-order valence-electron chi connectivity index (χ0n) is 13.1. The summed E-state index contributed by atoms with van der Waals surface area (Å²) < 4.78 is 1.15. The Kier molecular flexibility index (Phi) is 6.52. The molecule has 2 unspecified atom stereocenters. The monoisotopic (exact) mass is 354 g/mol. The van der Waals surface area contributed by atoms with Crippen molar-refractivity contribution in [1.29, 1.82) is 0 Å². The van der Waals surface area contributed by atoms with Crippen LogP contribution in [0.25, 0.3) is 0 Å². The fourth-order valence-electron chi connectivity index (χ4n) is 3.05. The molecule has 1 heterocycles. The number of hydrogen-bond acceptors (Lipinski definition) is 3. The van der Waals surface area contributed by atoms with Gasteiger partial charge in [-0.25, -0.2) is 0 Å². The molecule has 0 bridgehead atoms. The first kappa shape index (κ1) is 16.8. The third-order valence-corrected chi connectivity index (χ3v) is 5.01. The minimum atomic E-state index is 0.244. The third kappa shape index (κ3) is 4.21. The van der Waals surface area contributed by atoms with Crippen molar-refractivity contribution >= 4 is 21.6 Å². The summed E-state index contributed by atoms with van der Waals surface area (Å²) in [5, 5.41) is 13.1. The number of anilines is 1. The van der Waals surface area contributed by atoms with Crippen LogP contribution in [0.4, 0.5) is 5.69 Å². The highest BCUT2D eigenvalue weighted by Gasteiger charge is 2.22. The van der Waals surface area contributed by atoms with E-state index in [4.69, 9.17) is 0 Å². The van der Waals surface area contributed by atoms with E-state index in [1.807, 2.05) is 0 Å². The highest BCUT2D eigenvalue weighted by molar-refractivity contribution is 9.10. The first-order valence-electron chi connectivity index (χ1n) is 8.07. The summed E-state index contributed by atoms with van der Waals surface area (Å²) in [5.41, 5.74) is 2.51. The summed E-state index contributed by atoms with van der Waals surface area (Å²) in [6.07, 6.45) is 4.67. The largest absolute Gasteiger partial charge is 0.394 e. The molecule has 2 N–H and O–H groups in total. The van der Waals surface area contributed by atoms with Gasteiger partial charge in [-0.2, -0.15) is 0 Å². The molecule has 1 aliphatic heterocycles. The summed E-state index contributed by atoms with van der Waals surface area (Å²) in [7, 11) is 0. The fourth-order valence-corrected chi connectivity index (χ4v) is 3.76. The van der Waals surface area contributed by atoms with Crippen LogP contribution in [0.3, 0.4) is 0 Å². The molecule has 2 atom stereocenters. The van der Waals surface area contributed by atoms with Gasteiger partial charge in [0.25, 0.3) is 0 Å².